The molecule has 1 fully saturated rings. The van der Waals surface area contributed by atoms with Gasteiger partial charge in [0.05, 0.1) is 12.0 Å². The summed E-state index contributed by atoms with van der Waals surface area (Å²) >= 11 is 0. The average molecular weight is 599 g/mol. The molecule has 1 aromatic rings. The second-order valence-corrected chi connectivity index (χ2v) is 14.4. The summed E-state index contributed by atoms with van der Waals surface area (Å²) in [4.78, 5) is 41.6. The second-order valence-electron chi connectivity index (χ2n) is 12.5. The number of ether oxygens (including phenoxy) is 2. The Morgan fingerprint density at radius 2 is 1.63 bits per heavy atom. The van der Waals surface area contributed by atoms with E-state index >= 15 is 0 Å². The SMILES string of the molecule is COc1ccc(S(=O)(=O)N(CCC(=O)N2CCC(N(C)C(=O)OC(C)(C)C)CC2)C(CC(C)(C)C)C(=O)NO)cc1. The number of carbonyl (C=O) groups excluding carboxylic acids is 3. The summed E-state index contributed by atoms with van der Waals surface area (Å²) in [6.45, 7) is 11.5. The fourth-order valence-corrected chi connectivity index (χ4v) is 6.24. The largest absolute Gasteiger partial charge is 0.497 e. The molecule has 2 rings (SSSR count). The van der Waals surface area contributed by atoms with Gasteiger partial charge in [-0.15, -0.1) is 0 Å². The van der Waals surface area contributed by atoms with Gasteiger partial charge in [-0.3, -0.25) is 14.8 Å². The lowest BCUT2D eigenvalue weighted by Crippen LogP contribution is -2.52. The lowest BCUT2D eigenvalue weighted by Gasteiger charge is -2.38. The molecule has 0 bridgehead atoms. The van der Waals surface area contributed by atoms with Crippen LogP contribution in [0.4, 0.5) is 4.79 Å². The molecule has 0 aromatic heterocycles. The Balaban J connectivity index is 2.21. The van der Waals surface area contributed by atoms with Gasteiger partial charge in [0.1, 0.15) is 17.4 Å². The monoisotopic (exact) mass is 598 g/mol. The van der Waals surface area contributed by atoms with Crippen molar-refractivity contribution in [3.63, 3.8) is 0 Å². The van der Waals surface area contributed by atoms with Crippen LogP contribution < -0.4 is 10.2 Å². The predicted octanol–water partition coefficient (Wildman–Crippen LogP) is 3.24. The van der Waals surface area contributed by atoms with Crippen LogP contribution in [0.5, 0.6) is 5.75 Å². The van der Waals surface area contributed by atoms with E-state index in [1.807, 2.05) is 20.8 Å². The molecular formula is C28H46N4O8S. The van der Waals surface area contributed by atoms with Gasteiger partial charge in [0.25, 0.3) is 5.91 Å². The van der Waals surface area contributed by atoms with E-state index in [0.717, 1.165) is 4.31 Å². The normalized spacial score (nSPS) is 15.8. The number of amides is 3. The van der Waals surface area contributed by atoms with Crippen LogP contribution in [0, 0.1) is 5.41 Å². The predicted molar refractivity (Wildman–Crippen MR) is 153 cm³/mol. The van der Waals surface area contributed by atoms with Crippen LogP contribution >= 0.6 is 0 Å². The van der Waals surface area contributed by atoms with E-state index in [1.54, 1.807) is 43.1 Å². The molecule has 1 unspecified atom stereocenters. The molecular weight excluding hydrogens is 552 g/mol. The van der Waals surface area contributed by atoms with Gasteiger partial charge < -0.3 is 19.3 Å². The molecule has 13 heteroatoms. The number of methoxy groups -OCH3 is 1. The maximum Gasteiger partial charge on any atom is 0.410 e. The highest BCUT2D eigenvalue weighted by Crippen LogP contribution is 2.29. The minimum atomic E-state index is -4.25. The van der Waals surface area contributed by atoms with Crippen LogP contribution in [-0.4, -0.2) is 97.1 Å². The zero-order chi connectivity index (χ0) is 31.2. The number of piperidine rings is 1. The van der Waals surface area contributed by atoms with Gasteiger partial charge in [0.15, 0.2) is 0 Å². The Morgan fingerprint density at radius 1 is 1.07 bits per heavy atom. The molecule has 1 saturated heterocycles. The molecule has 0 spiro atoms. The second kappa shape index (κ2) is 13.8. The third kappa shape index (κ3) is 9.86. The zero-order valence-electron chi connectivity index (χ0n) is 25.5. The lowest BCUT2D eigenvalue weighted by molar-refractivity contribution is -0.136. The van der Waals surface area contributed by atoms with E-state index in [-0.39, 0.29) is 36.2 Å². The number of hydrogen-bond acceptors (Lipinski definition) is 8. The molecule has 3 amide bonds. The first kappa shape index (κ1) is 34.3. The van der Waals surface area contributed by atoms with Crippen LogP contribution in [0.25, 0.3) is 0 Å². The highest BCUT2D eigenvalue weighted by atomic mass is 32.2. The summed E-state index contributed by atoms with van der Waals surface area (Å²) < 4.78 is 39.2. The summed E-state index contributed by atoms with van der Waals surface area (Å²) in [6, 6.07) is 4.40. The van der Waals surface area contributed by atoms with Crippen molar-refractivity contribution in [1.29, 1.82) is 0 Å². The van der Waals surface area contributed by atoms with Crippen molar-refractivity contribution in [2.45, 2.75) is 89.8 Å². The third-order valence-corrected chi connectivity index (χ3v) is 8.75. The maximum atomic E-state index is 13.8. The van der Waals surface area contributed by atoms with E-state index in [0.29, 0.717) is 31.7 Å². The molecule has 1 aliphatic heterocycles. The van der Waals surface area contributed by atoms with E-state index in [4.69, 9.17) is 9.47 Å². The molecule has 2 N–H and O–H groups in total. The van der Waals surface area contributed by atoms with Gasteiger partial charge in [-0.2, -0.15) is 4.31 Å². The Bertz CT molecular complexity index is 1150. The van der Waals surface area contributed by atoms with Gasteiger partial charge in [-0.25, -0.2) is 18.7 Å². The number of benzene rings is 1. The van der Waals surface area contributed by atoms with E-state index in [1.165, 1.54) is 31.4 Å². The Hall–Kier alpha value is -2.90. The molecule has 41 heavy (non-hydrogen) atoms. The van der Waals surface area contributed by atoms with Crippen LogP contribution in [-0.2, 0) is 24.3 Å². The van der Waals surface area contributed by atoms with Gasteiger partial charge in [-0.1, -0.05) is 20.8 Å². The molecule has 1 aromatic carbocycles. The number of nitrogens with one attached hydrogen (secondary N) is 1. The quantitative estimate of drug-likeness (QED) is 0.308. The Labute approximate surface area is 244 Å². The number of likely N-dealkylation sites (tertiary alicyclic amines) is 1. The van der Waals surface area contributed by atoms with Crippen molar-refractivity contribution < 1.29 is 37.5 Å². The van der Waals surface area contributed by atoms with E-state index < -0.39 is 39.1 Å². The number of rotatable bonds is 10. The molecule has 0 saturated carbocycles. The van der Waals surface area contributed by atoms with Crippen molar-refractivity contribution in [3.05, 3.63) is 24.3 Å². The van der Waals surface area contributed by atoms with Crippen molar-refractivity contribution in [2.24, 2.45) is 5.41 Å². The van der Waals surface area contributed by atoms with Crippen LogP contribution in [0.2, 0.25) is 0 Å². The lowest BCUT2D eigenvalue weighted by atomic mass is 9.87. The van der Waals surface area contributed by atoms with Crippen LogP contribution in [0.3, 0.4) is 0 Å². The summed E-state index contributed by atoms with van der Waals surface area (Å²) in [5.41, 5.74) is 0.508. The number of hydroxylamine groups is 1. The fourth-order valence-electron chi connectivity index (χ4n) is 4.66. The number of sulfonamides is 1. The summed E-state index contributed by atoms with van der Waals surface area (Å²) in [7, 11) is -1.10. The topological polar surface area (TPSA) is 146 Å². The molecule has 12 nitrogen and oxygen atoms in total. The van der Waals surface area contributed by atoms with Crippen molar-refractivity contribution >= 4 is 27.9 Å². The Kier molecular flexibility index (Phi) is 11.6. The number of hydrogen-bond donors (Lipinski definition) is 2. The molecule has 1 aliphatic rings. The summed E-state index contributed by atoms with van der Waals surface area (Å²) in [5, 5.41) is 9.46. The van der Waals surface area contributed by atoms with E-state index in [9.17, 15) is 28.0 Å². The smallest absolute Gasteiger partial charge is 0.410 e. The first-order valence-electron chi connectivity index (χ1n) is 13.7. The van der Waals surface area contributed by atoms with Crippen LogP contribution in [0.15, 0.2) is 29.2 Å². The highest BCUT2D eigenvalue weighted by molar-refractivity contribution is 7.89. The molecule has 0 aliphatic carbocycles. The molecule has 1 heterocycles. The van der Waals surface area contributed by atoms with Gasteiger partial charge in [-0.05, 0) is 69.7 Å². The first-order valence-corrected chi connectivity index (χ1v) is 15.2. The van der Waals surface area contributed by atoms with Crippen molar-refractivity contribution in [1.82, 2.24) is 19.6 Å². The van der Waals surface area contributed by atoms with Crippen molar-refractivity contribution in [2.75, 3.05) is 33.8 Å². The third-order valence-electron chi connectivity index (χ3n) is 6.82. The summed E-state index contributed by atoms with van der Waals surface area (Å²) in [5.74, 6) is -0.682. The van der Waals surface area contributed by atoms with Crippen LogP contribution in [0.1, 0.15) is 67.2 Å². The first-order chi connectivity index (χ1) is 18.9. The standard InChI is InChI=1S/C28H46N4O8S/c1-27(2,3)19-23(25(34)29-36)32(41(37,38)22-11-9-21(39-8)10-12-22)18-15-24(33)31-16-13-20(14-17-31)30(7)26(35)40-28(4,5)6/h9-12,20,23,36H,13-19H2,1-8H3,(H,29,34). The van der Waals surface area contributed by atoms with Crippen molar-refractivity contribution in [3.8, 4) is 5.75 Å². The maximum absolute atomic E-state index is 13.8. The minimum Gasteiger partial charge on any atom is -0.497 e. The van der Waals surface area contributed by atoms with Gasteiger partial charge >= 0.3 is 6.09 Å². The average Bonchev–Trinajstić information content (AvgIpc) is 2.89. The van der Waals surface area contributed by atoms with E-state index in [2.05, 4.69) is 0 Å². The fraction of sp³-hybridized carbons (Fsp3) is 0.679. The Morgan fingerprint density at radius 3 is 2.10 bits per heavy atom. The highest BCUT2D eigenvalue weighted by Gasteiger charge is 2.39. The number of carbonyl (C=O) groups is 3. The van der Waals surface area contributed by atoms with Gasteiger partial charge in [0.2, 0.25) is 15.9 Å². The summed E-state index contributed by atoms with van der Waals surface area (Å²) in [6.07, 6.45) is 0.616. The minimum absolute atomic E-state index is 0.0682. The molecule has 1 atom stereocenters. The molecule has 0 radical (unpaired) electrons. The number of nitrogens with zero attached hydrogens (tertiary/aromatic N) is 3. The zero-order valence-corrected chi connectivity index (χ0v) is 26.3. The molecule has 232 valence electrons. The van der Waals surface area contributed by atoms with Gasteiger partial charge in [0, 0.05) is 39.1 Å².